The zero-order chi connectivity index (χ0) is 18.9. The van der Waals surface area contributed by atoms with Crippen molar-refractivity contribution in [3.8, 4) is 0 Å². The number of amides is 1. The van der Waals surface area contributed by atoms with Crippen LogP contribution >= 0.6 is 0 Å². The minimum atomic E-state index is -0.378. The molecule has 2 aromatic rings. The average molecular weight is 365 g/mol. The van der Waals surface area contributed by atoms with E-state index in [-0.39, 0.29) is 23.3 Å². The molecule has 27 heavy (non-hydrogen) atoms. The summed E-state index contributed by atoms with van der Waals surface area (Å²) in [4.78, 5) is 31.1. The van der Waals surface area contributed by atoms with Gasteiger partial charge in [-0.25, -0.2) is 9.78 Å². The van der Waals surface area contributed by atoms with Crippen molar-refractivity contribution < 1.29 is 14.3 Å². The molecule has 1 spiro atoms. The fraction of sp³-hybridized carbons (Fsp3) is 0.381. The molecule has 2 aliphatic heterocycles. The van der Waals surface area contributed by atoms with Crippen LogP contribution < -0.4 is 10.2 Å². The van der Waals surface area contributed by atoms with Gasteiger partial charge in [0.05, 0.1) is 13.0 Å². The molecule has 0 unspecified atom stereocenters. The van der Waals surface area contributed by atoms with Gasteiger partial charge in [0.15, 0.2) is 0 Å². The summed E-state index contributed by atoms with van der Waals surface area (Å²) in [7, 11) is 1.38. The third-order valence-electron chi connectivity index (χ3n) is 5.71. The summed E-state index contributed by atoms with van der Waals surface area (Å²) >= 11 is 0. The molecule has 2 aliphatic rings. The van der Waals surface area contributed by atoms with Crippen molar-refractivity contribution in [1.29, 1.82) is 0 Å². The number of anilines is 1. The lowest BCUT2D eigenvalue weighted by atomic mass is 9.82. The lowest BCUT2D eigenvalue weighted by molar-refractivity contribution is -0.121. The highest BCUT2D eigenvalue weighted by Crippen LogP contribution is 2.40. The Kier molecular flexibility index (Phi) is 4.56. The number of hydrogen-bond acceptors (Lipinski definition) is 5. The number of carbonyl (C=O) groups excluding carboxylic acids is 2. The number of methoxy groups -OCH3 is 1. The largest absolute Gasteiger partial charge is 0.465 e. The van der Waals surface area contributed by atoms with Gasteiger partial charge in [0.1, 0.15) is 11.4 Å². The molecule has 6 heteroatoms. The van der Waals surface area contributed by atoms with Crippen molar-refractivity contribution in [2.45, 2.75) is 30.7 Å². The predicted octanol–water partition coefficient (Wildman–Crippen LogP) is 2.51. The molecule has 1 amide bonds. The molecule has 1 aromatic carbocycles. The number of hydrogen-bond donors (Lipinski definition) is 1. The minimum Gasteiger partial charge on any atom is -0.465 e. The molecule has 6 nitrogen and oxygen atoms in total. The molecule has 1 atom stereocenters. The van der Waals surface area contributed by atoms with E-state index in [1.165, 1.54) is 7.11 Å². The third-order valence-corrected chi connectivity index (χ3v) is 5.71. The monoisotopic (exact) mass is 365 g/mol. The second-order valence-corrected chi connectivity index (χ2v) is 7.29. The standard InChI is InChI=1S/C21H23N3O3/c1-27-20(26)16-8-5-11-22-18(16)24-12-9-21(10-13-24)14-17(19(25)23-21)15-6-3-2-4-7-15/h2-8,11,17H,9-10,12-14H2,1H3,(H,23,25)/t17-/m1/s1. The van der Waals surface area contributed by atoms with Gasteiger partial charge in [-0.05, 0) is 37.0 Å². The molecule has 2 saturated heterocycles. The molecule has 3 heterocycles. The van der Waals surface area contributed by atoms with Gasteiger partial charge in [0, 0.05) is 24.8 Å². The number of piperidine rings is 1. The highest BCUT2D eigenvalue weighted by atomic mass is 16.5. The van der Waals surface area contributed by atoms with Gasteiger partial charge in [-0.3, -0.25) is 4.79 Å². The summed E-state index contributed by atoms with van der Waals surface area (Å²) < 4.78 is 4.88. The number of ether oxygens (including phenoxy) is 1. The van der Waals surface area contributed by atoms with Gasteiger partial charge < -0.3 is 15.0 Å². The van der Waals surface area contributed by atoms with E-state index in [1.54, 1.807) is 18.3 Å². The van der Waals surface area contributed by atoms with Crippen LogP contribution in [0.15, 0.2) is 48.7 Å². The number of esters is 1. The first-order valence-corrected chi connectivity index (χ1v) is 9.27. The lowest BCUT2D eigenvalue weighted by Gasteiger charge is -2.40. The Morgan fingerprint density at radius 1 is 1.19 bits per heavy atom. The van der Waals surface area contributed by atoms with E-state index in [4.69, 9.17) is 4.74 Å². The smallest absolute Gasteiger partial charge is 0.341 e. The van der Waals surface area contributed by atoms with Gasteiger partial charge in [-0.1, -0.05) is 30.3 Å². The molecular formula is C21H23N3O3. The van der Waals surface area contributed by atoms with Gasteiger partial charge in [-0.2, -0.15) is 0 Å². The predicted molar refractivity (Wildman–Crippen MR) is 102 cm³/mol. The first kappa shape index (κ1) is 17.5. The Bertz CT molecular complexity index is 845. The number of carbonyl (C=O) groups is 2. The first-order chi connectivity index (χ1) is 13.1. The third kappa shape index (κ3) is 3.27. The summed E-state index contributed by atoms with van der Waals surface area (Å²) in [6.45, 7) is 1.48. The van der Waals surface area contributed by atoms with Gasteiger partial charge in [0.2, 0.25) is 5.91 Å². The van der Waals surface area contributed by atoms with Gasteiger partial charge >= 0.3 is 5.97 Å². The normalized spacial score (nSPS) is 21.1. The zero-order valence-electron chi connectivity index (χ0n) is 15.4. The molecule has 0 aliphatic carbocycles. The van der Waals surface area contributed by atoms with Crippen molar-refractivity contribution in [3.05, 3.63) is 59.8 Å². The number of pyridine rings is 1. The maximum Gasteiger partial charge on any atom is 0.341 e. The summed E-state index contributed by atoms with van der Waals surface area (Å²) in [5, 5.41) is 3.26. The molecule has 2 fully saturated rings. The van der Waals surface area contributed by atoms with Crippen molar-refractivity contribution in [3.63, 3.8) is 0 Å². The van der Waals surface area contributed by atoms with Crippen molar-refractivity contribution >= 4 is 17.7 Å². The number of rotatable bonds is 3. The lowest BCUT2D eigenvalue weighted by Crippen LogP contribution is -2.51. The Morgan fingerprint density at radius 3 is 2.63 bits per heavy atom. The highest BCUT2D eigenvalue weighted by Gasteiger charge is 2.46. The summed E-state index contributed by atoms with van der Waals surface area (Å²) in [5.74, 6) is 0.306. The average Bonchev–Trinajstić information content (AvgIpc) is 3.04. The van der Waals surface area contributed by atoms with Crippen molar-refractivity contribution in [2.24, 2.45) is 0 Å². The van der Waals surface area contributed by atoms with Gasteiger partial charge in [0.25, 0.3) is 0 Å². The molecule has 1 aromatic heterocycles. The molecular weight excluding hydrogens is 342 g/mol. The molecule has 0 bridgehead atoms. The topological polar surface area (TPSA) is 71.5 Å². The number of nitrogens with zero attached hydrogens (tertiary/aromatic N) is 2. The Balaban J connectivity index is 1.49. The second kappa shape index (κ2) is 7.02. The maximum atomic E-state index is 12.6. The molecule has 1 N–H and O–H groups in total. The zero-order valence-corrected chi connectivity index (χ0v) is 15.4. The van der Waals surface area contributed by atoms with Crippen LogP contribution in [0.5, 0.6) is 0 Å². The van der Waals surface area contributed by atoms with Crippen LogP contribution in [0.2, 0.25) is 0 Å². The second-order valence-electron chi connectivity index (χ2n) is 7.29. The van der Waals surface area contributed by atoms with Crippen molar-refractivity contribution in [2.75, 3.05) is 25.1 Å². The summed E-state index contributed by atoms with van der Waals surface area (Å²) in [5.41, 5.74) is 1.38. The molecule has 0 saturated carbocycles. The van der Waals surface area contributed by atoms with Crippen LogP contribution in [0.4, 0.5) is 5.82 Å². The fourth-order valence-corrected chi connectivity index (χ4v) is 4.23. The molecule has 0 radical (unpaired) electrons. The summed E-state index contributed by atoms with van der Waals surface area (Å²) in [6, 6.07) is 13.4. The quantitative estimate of drug-likeness (QED) is 0.847. The maximum absolute atomic E-state index is 12.6. The van der Waals surface area contributed by atoms with Crippen LogP contribution in [-0.4, -0.2) is 42.6 Å². The minimum absolute atomic E-state index is 0.0850. The first-order valence-electron chi connectivity index (χ1n) is 9.27. The van der Waals surface area contributed by atoms with E-state index in [1.807, 2.05) is 30.3 Å². The van der Waals surface area contributed by atoms with E-state index < -0.39 is 0 Å². The van der Waals surface area contributed by atoms with Crippen molar-refractivity contribution in [1.82, 2.24) is 10.3 Å². The van der Waals surface area contributed by atoms with E-state index >= 15 is 0 Å². The Labute approximate surface area is 158 Å². The summed E-state index contributed by atoms with van der Waals surface area (Å²) in [6.07, 6.45) is 4.17. The van der Waals surface area contributed by atoms with Crippen LogP contribution in [0.3, 0.4) is 0 Å². The van der Waals surface area contributed by atoms with Gasteiger partial charge in [-0.15, -0.1) is 0 Å². The van der Waals surface area contributed by atoms with Crippen LogP contribution in [-0.2, 0) is 9.53 Å². The Hall–Kier alpha value is -2.89. The van der Waals surface area contributed by atoms with E-state index in [0.717, 1.165) is 37.9 Å². The van der Waals surface area contributed by atoms with Crippen LogP contribution in [0.25, 0.3) is 0 Å². The number of benzene rings is 1. The molecule has 4 rings (SSSR count). The fourth-order valence-electron chi connectivity index (χ4n) is 4.23. The van der Waals surface area contributed by atoms with E-state index in [9.17, 15) is 9.59 Å². The van der Waals surface area contributed by atoms with E-state index in [2.05, 4.69) is 15.2 Å². The molecule has 140 valence electrons. The number of aromatic nitrogens is 1. The van der Waals surface area contributed by atoms with Crippen LogP contribution in [0.1, 0.15) is 41.1 Å². The van der Waals surface area contributed by atoms with E-state index in [0.29, 0.717) is 11.4 Å². The Morgan fingerprint density at radius 2 is 1.93 bits per heavy atom. The highest BCUT2D eigenvalue weighted by molar-refractivity contribution is 5.94. The SMILES string of the molecule is COC(=O)c1cccnc1N1CCC2(CC1)C[C@H](c1ccccc1)C(=O)N2. The number of nitrogens with one attached hydrogen (secondary N) is 1. The van der Waals surface area contributed by atoms with Crippen LogP contribution in [0, 0.1) is 0 Å².